The fourth-order valence-corrected chi connectivity index (χ4v) is 13.8. The van der Waals surface area contributed by atoms with Crippen LogP contribution < -0.4 is 20.8 Å². The summed E-state index contributed by atoms with van der Waals surface area (Å²) >= 11 is 0. The van der Waals surface area contributed by atoms with E-state index in [0.29, 0.717) is 94.7 Å². The Labute approximate surface area is 365 Å². The molecule has 3 N–H and O–H groups in total. The highest BCUT2D eigenvalue weighted by Gasteiger charge is 2.58. The number of carbonyl (C=O) groups is 2. The lowest BCUT2D eigenvalue weighted by Crippen LogP contribution is -2.59. The van der Waals surface area contributed by atoms with E-state index in [1.807, 2.05) is 91.8 Å². The van der Waals surface area contributed by atoms with Crippen LogP contribution in [0.3, 0.4) is 0 Å². The van der Waals surface area contributed by atoms with Gasteiger partial charge in [-0.05, 0) is 111 Å². The fraction of sp³-hybridized carbons (Fsp3) is 0.556. The predicted octanol–water partition coefficient (Wildman–Crippen LogP) is 8.82. The van der Waals surface area contributed by atoms with Crippen LogP contribution in [0.4, 0.5) is 16.2 Å². The number of anilines is 2. The molecule has 0 bridgehead atoms. The third-order valence-electron chi connectivity index (χ3n) is 11.0. The average molecular weight is 880 g/mol. The largest absolute Gasteiger partial charge is 0.500 e. The fourth-order valence-electron chi connectivity index (χ4n) is 8.64. The van der Waals surface area contributed by atoms with Crippen molar-refractivity contribution in [3.8, 4) is 11.5 Å². The second-order valence-electron chi connectivity index (χ2n) is 15.0. The highest BCUT2D eigenvalue weighted by molar-refractivity contribution is 6.61. The maximum absolute atomic E-state index is 15.1. The molecule has 1 spiro atoms. The van der Waals surface area contributed by atoms with E-state index in [2.05, 4.69) is 42.0 Å². The zero-order chi connectivity index (χ0) is 44.2. The first-order valence-corrected chi connectivity index (χ1v) is 26.1. The number of benzene rings is 3. The zero-order valence-electron chi connectivity index (χ0n) is 38.1. The van der Waals surface area contributed by atoms with Crippen molar-refractivity contribution in [3.63, 3.8) is 0 Å². The molecule has 61 heavy (non-hydrogen) atoms. The first-order chi connectivity index (χ1) is 29.5. The van der Waals surface area contributed by atoms with E-state index in [4.69, 9.17) is 31.3 Å². The number of fused-ring (bicyclic) bond motifs is 6. The zero-order valence-corrected chi connectivity index (χ0v) is 40.1. The van der Waals surface area contributed by atoms with Gasteiger partial charge in [-0.25, -0.2) is 15.2 Å². The highest BCUT2D eigenvalue weighted by atomic mass is 28.4. The van der Waals surface area contributed by atoms with Crippen LogP contribution in [-0.2, 0) is 32.1 Å². The van der Waals surface area contributed by atoms with Gasteiger partial charge in [0.25, 0.3) is 5.91 Å². The number of hydrogen-bond acceptors (Lipinski definition) is 11. The molecule has 0 unspecified atom stereocenters. The van der Waals surface area contributed by atoms with Crippen LogP contribution in [0, 0.1) is 13.8 Å². The number of hydrazine groups is 1. The number of amides is 3. The average Bonchev–Trinajstić information content (AvgIpc) is 3.46. The van der Waals surface area contributed by atoms with Crippen molar-refractivity contribution in [1.82, 2.24) is 15.3 Å². The van der Waals surface area contributed by atoms with Crippen LogP contribution in [0.25, 0.3) is 0 Å². The molecule has 2 aliphatic rings. The smallest absolute Gasteiger partial charge is 0.456 e. The number of aryl methyl sites for hydroxylation is 2. The standard InChI is InChI=1S/C45H69N5O9Si2/c1-11-46-39-31-41-37(29-33(39)9)45(38-30-34(10)40(47-12-2)32-42(38)59-41)36-24-20-19-23-35(36)43(51)50(45)48-44(52)49(25-21-27-60(53-13-3,54-14-4)55-15-5)26-22-28-61(56-16-6,57-17-7)58-18-8/h19-20,23-24,29-32,46-47H,11-18,21-22,25-28H2,1-10H3,(H,48,52). The summed E-state index contributed by atoms with van der Waals surface area (Å²) in [5.74, 6) is 0.860. The number of carbonyl (C=O) groups excluding carboxylic acids is 2. The molecule has 3 aromatic rings. The van der Waals surface area contributed by atoms with Crippen LogP contribution in [-0.4, -0.2) is 105 Å². The minimum Gasteiger partial charge on any atom is -0.456 e. The summed E-state index contributed by atoms with van der Waals surface area (Å²) in [6.07, 6.45) is 1.09. The second kappa shape index (κ2) is 21.9. The van der Waals surface area contributed by atoms with E-state index >= 15 is 9.59 Å². The van der Waals surface area contributed by atoms with Gasteiger partial charge in [0, 0.05) is 124 Å². The Bertz CT molecular complexity index is 1820. The Balaban J connectivity index is 1.62. The van der Waals surface area contributed by atoms with Crippen molar-refractivity contribution in [1.29, 1.82) is 0 Å². The van der Waals surface area contributed by atoms with E-state index in [1.54, 1.807) is 4.90 Å². The Morgan fingerprint density at radius 1 is 0.656 bits per heavy atom. The molecule has 3 amide bonds. The van der Waals surface area contributed by atoms with Crippen LogP contribution in [0.1, 0.15) is 106 Å². The van der Waals surface area contributed by atoms with Crippen molar-refractivity contribution in [2.24, 2.45) is 0 Å². The Morgan fingerprint density at radius 2 is 1.08 bits per heavy atom. The molecule has 14 nitrogen and oxygen atoms in total. The molecule has 2 heterocycles. The Kier molecular flexibility index (Phi) is 17.2. The van der Waals surface area contributed by atoms with Gasteiger partial charge in [-0.15, -0.1) is 0 Å². The molecule has 0 radical (unpaired) electrons. The molecule has 0 saturated carbocycles. The molecule has 0 fully saturated rings. The molecular formula is C45H69N5O9Si2. The summed E-state index contributed by atoms with van der Waals surface area (Å²) in [5.41, 5.74) is 8.50. The quantitative estimate of drug-likeness (QED) is 0.0704. The lowest BCUT2D eigenvalue weighted by Gasteiger charge is -2.44. The van der Waals surface area contributed by atoms with Gasteiger partial charge in [-0.3, -0.25) is 4.79 Å². The number of nitrogens with zero attached hydrogens (tertiary/aromatic N) is 2. The summed E-state index contributed by atoms with van der Waals surface area (Å²) in [5, 5.41) is 8.47. The second-order valence-corrected chi connectivity index (χ2v) is 20.4. The van der Waals surface area contributed by atoms with Crippen LogP contribution in [0.5, 0.6) is 11.5 Å². The van der Waals surface area contributed by atoms with E-state index in [-0.39, 0.29) is 5.91 Å². The van der Waals surface area contributed by atoms with Crippen molar-refractivity contribution >= 4 is 40.9 Å². The first kappa shape index (κ1) is 48.0. The number of ether oxygens (including phenoxy) is 1. The molecule has 0 aliphatic carbocycles. The molecule has 2 aliphatic heterocycles. The summed E-state index contributed by atoms with van der Waals surface area (Å²) in [7, 11) is -6.05. The SMILES string of the molecule is CCNc1cc2c(cc1C)C1(c3cc(C)c(NCC)cc3O2)c2ccccc2C(=O)N1NC(=O)N(CCC[Si](OCC)(OCC)OCC)CCC[Si](OCC)(OCC)OCC. The number of rotatable bonds is 25. The molecule has 3 aromatic carbocycles. The maximum atomic E-state index is 15.1. The van der Waals surface area contributed by atoms with Crippen LogP contribution in [0.15, 0.2) is 48.5 Å². The number of nitrogens with one attached hydrogen (secondary N) is 3. The van der Waals surface area contributed by atoms with Crippen LogP contribution in [0.2, 0.25) is 12.1 Å². The minimum absolute atomic E-state index is 0.324. The molecule has 0 atom stereocenters. The van der Waals surface area contributed by atoms with Gasteiger partial charge in [0.1, 0.15) is 17.0 Å². The molecule has 0 aromatic heterocycles. The topological polar surface area (TPSA) is 141 Å². The summed E-state index contributed by atoms with van der Waals surface area (Å²) in [4.78, 5) is 31.9. The van der Waals surface area contributed by atoms with E-state index in [9.17, 15) is 0 Å². The normalized spacial score (nSPS) is 14.1. The van der Waals surface area contributed by atoms with E-state index < -0.39 is 29.2 Å². The lowest BCUT2D eigenvalue weighted by atomic mass is 9.74. The van der Waals surface area contributed by atoms with Gasteiger partial charge >= 0.3 is 23.6 Å². The first-order valence-electron chi connectivity index (χ1n) is 22.3. The van der Waals surface area contributed by atoms with Gasteiger partial charge in [0.15, 0.2) is 0 Å². The third-order valence-corrected chi connectivity index (χ3v) is 17.3. The van der Waals surface area contributed by atoms with Gasteiger partial charge in [0.05, 0.1) is 0 Å². The van der Waals surface area contributed by atoms with E-state index in [0.717, 1.165) is 52.3 Å². The molecule has 0 saturated heterocycles. The predicted molar refractivity (Wildman–Crippen MR) is 243 cm³/mol. The maximum Gasteiger partial charge on any atom is 0.500 e. The van der Waals surface area contributed by atoms with Crippen molar-refractivity contribution in [2.45, 2.75) is 99.7 Å². The van der Waals surface area contributed by atoms with Crippen molar-refractivity contribution in [2.75, 3.05) is 76.5 Å². The summed E-state index contributed by atoms with van der Waals surface area (Å²) < 4.78 is 43.9. The molecule has 336 valence electrons. The van der Waals surface area contributed by atoms with Gasteiger partial charge in [-0.1, -0.05) is 18.2 Å². The highest BCUT2D eigenvalue weighted by Crippen LogP contribution is 2.58. The van der Waals surface area contributed by atoms with Crippen LogP contribution >= 0.6 is 0 Å². The van der Waals surface area contributed by atoms with Gasteiger partial charge in [0.2, 0.25) is 0 Å². The van der Waals surface area contributed by atoms with E-state index in [1.165, 1.54) is 5.01 Å². The lowest BCUT2D eigenvalue weighted by molar-refractivity contribution is 0.0514. The minimum atomic E-state index is -3.02. The Morgan fingerprint density at radius 3 is 1.49 bits per heavy atom. The summed E-state index contributed by atoms with van der Waals surface area (Å²) in [6.45, 7) is 24.6. The number of hydrogen-bond donors (Lipinski definition) is 3. The Hall–Kier alpha value is -4.01. The number of urea groups is 1. The van der Waals surface area contributed by atoms with Gasteiger partial charge in [-0.2, -0.15) is 0 Å². The molecule has 16 heteroatoms. The van der Waals surface area contributed by atoms with Crippen molar-refractivity contribution in [3.05, 3.63) is 81.9 Å². The summed E-state index contributed by atoms with van der Waals surface area (Å²) in [6, 6.07) is 16.4. The monoisotopic (exact) mass is 879 g/mol. The molecule has 5 rings (SSSR count). The molecular weight excluding hydrogens is 811 g/mol. The van der Waals surface area contributed by atoms with Crippen molar-refractivity contribution < 1.29 is 40.9 Å². The van der Waals surface area contributed by atoms with Gasteiger partial charge < -0.3 is 46.8 Å². The third kappa shape index (κ3) is 10.1.